The minimum absolute atomic E-state index is 0.216. The highest BCUT2D eigenvalue weighted by molar-refractivity contribution is 5.50. The number of halogens is 3. The first-order valence-corrected chi connectivity index (χ1v) is 5.27. The normalized spacial score (nSPS) is 24.9. The summed E-state index contributed by atoms with van der Waals surface area (Å²) in [4.78, 5) is 11.8. The van der Waals surface area contributed by atoms with Gasteiger partial charge in [0.2, 0.25) is 0 Å². The molecular formula is C10H16F3NO. The van der Waals surface area contributed by atoms with Crippen LogP contribution < -0.4 is 0 Å². The number of alkyl halides is 3. The number of carbonyl (C=O) groups excluding carboxylic acids is 1. The first-order chi connectivity index (χ1) is 7.03. The maximum absolute atomic E-state index is 12.3. The van der Waals surface area contributed by atoms with Crippen LogP contribution in [0.1, 0.15) is 32.1 Å². The van der Waals surface area contributed by atoms with Crippen molar-refractivity contribution in [2.24, 2.45) is 0 Å². The zero-order valence-corrected chi connectivity index (χ0v) is 8.59. The number of likely N-dealkylation sites (tertiary alicyclic amines) is 1. The largest absolute Gasteiger partial charge is 0.401 e. The Labute approximate surface area is 87.4 Å². The van der Waals surface area contributed by atoms with Gasteiger partial charge in [0, 0.05) is 12.5 Å². The lowest BCUT2D eigenvalue weighted by molar-refractivity contribution is -0.151. The second-order valence-electron chi connectivity index (χ2n) is 3.99. The molecule has 1 aliphatic rings. The van der Waals surface area contributed by atoms with Crippen molar-refractivity contribution in [1.82, 2.24) is 4.90 Å². The molecule has 0 radical (unpaired) electrons. The molecule has 1 heterocycles. The molecule has 0 aromatic heterocycles. The summed E-state index contributed by atoms with van der Waals surface area (Å²) in [6.07, 6.45) is 0.164. The predicted molar refractivity (Wildman–Crippen MR) is 50.6 cm³/mol. The molecule has 1 rings (SSSR count). The summed E-state index contributed by atoms with van der Waals surface area (Å²) in [6.45, 7) is -0.427. The summed E-state index contributed by atoms with van der Waals surface area (Å²) in [5.41, 5.74) is 0. The molecule has 88 valence electrons. The van der Waals surface area contributed by atoms with E-state index in [0.29, 0.717) is 13.0 Å². The van der Waals surface area contributed by atoms with Crippen LogP contribution in [-0.4, -0.2) is 36.5 Å². The summed E-state index contributed by atoms with van der Waals surface area (Å²) in [5, 5.41) is 0. The topological polar surface area (TPSA) is 20.3 Å². The van der Waals surface area contributed by atoms with Crippen molar-refractivity contribution in [2.45, 2.75) is 44.3 Å². The lowest BCUT2D eigenvalue weighted by Crippen LogP contribution is -2.41. The van der Waals surface area contributed by atoms with Gasteiger partial charge in [0.1, 0.15) is 6.29 Å². The fourth-order valence-corrected chi connectivity index (χ4v) is 2.05. The van der Waals surface area contributed by atoms with Crippen molar-refractivity contribution >= 4 is 6.29 Å². The van der Waals surface area contributed by atoms with Gasteiger partial charge in [-0.05, 0) is 19.4 Å². The third-order valence-corrected chi connectivity index (χ3v) is 2.75. The molecule has 1 unspecified atom stereocenters. The van der Waals surface area contributed by atoms with Crippen molar-refractivity contribution in [2.75, 3.05) is 13.1 Å². The Morgan fingerprint density at radius 1 is 1.27 bits per heavy atom. The molecule has 5 heteroatoms. The van der Waals surface area contributed by atoms with Gasteiger partial charge in [0.15, 0.2) is 0 Å². The molecule has 1 fully saturated rings. The van der Waals surface area contributed by atoms with Crippen LogP contribution >= 0.6 is 0 Å². The quantitative estimate of drug-likeness (QED) is 0.685. The van der Waals surface area contributed by atoms with Crippen LogP contribution in [0.2, 0.25) is 0 Å². The van der Waals surface area contributed by atoms with Gasteiger partial charge in [-0.25, -0.2) is 0 Å². The van der Waals surface area contributed by atoms with E-state index < -0.39 is 12.7 Å². The maximum atomic E-state index is 12.3. The van der Waals surface area contributed by atoms with E-state index in [4.69, 9.17) is 0 Å². The van der Waals surface area contributed by atoms with Crippen molar-refractivity contribution in [3.05, 3.63) is 0 Å². The van der Waals surface area contributed by atoms with Crippen molar-refractivity contribution < 1.29 is 18.0 Å². The van der Waals surface area contributed by atoms with Gasteiger partial charge in [-0.15, -0.1) is 0 Å². The van der Waals surface area contributed by atoms with Crippen LogP contribution in [0.3, 0.4) is 0 Å². The summed E-state index contributed by atoms with van der Waals surface area (Å²) in [5.74, 6) is 0. The predicted octanol–water partition coefficient (Wildman–Crippen LogP) is 2.38. The molecule has 1 atom stereocenters. The fraction of sp³-hybridized carbons (Fsp3) is 0.900. The Balaban J connectivity index is 2.57. The zero-order chi connectivity index (χ0) is 11.3. The molecule has 0 aromatic rings. The summed E-state index contributed by atoms with van der Waals surface area (Å²) in [7, 11) is 0. The molecule has 0 N–H and O–H groups in total. The monoisotopic (exact) mass is 223 g/mol. The van der Waals surface area contributed by atoms with E-state index in [2.05, 4.69) is 0 Å². The molecule has 0 aromatic carbocycles. The summed E-state index contributed by atoms with van der Waals surface area (Å²) >= 11 is 0. The van der Waals surface area contributed by atoms with Gasteiger partial charge < -0.3 is 4.79 Å². The molecule has 0 bridgehead atoms. The van der Waals surface area contributed by atoms with Gasteiger partial charge >= 0.3 is 6.18 Å². The highest BCUT2D eigenvalue weighted by Gasteiger charge is 2.34. The fourth-order valence-electron chi connectivity index (χ4n) is 2.05. The molecule has 0 saturated carbocycles. The van der Waals surface area contributed by atoms with Crippen molar-refractivity contribution in [3.63, 3.8) is 0 Å². The maximum Gasteiger partial charge on any atom is 0.401 e. The van der Waals surface area contributed by atoms with E-state index in [1.54, 1.807) is 0 Å². The number of hydrogen-bond donors (Lipinski definition) is 0. The van der Waals surface area contributed by atoms with Gasteiger partial charge in [0.05, 0.1) is 6.54 Å². The van der Waals surface area contributed by atoms with Crippen LogP contribution in [0.15, 0.2) is 0 Å². The Kier molecular flexibility index (Phi) is 4.57. The molecule has 2 nitrogen and oxygen atoms in total. The van der Waals surface area contributed by atoms with E-state index in [-0.39, 0.29) is 12.5 Å². The first-order valence-electron chi connectivity index (χ1n) is 5.27. The lowest BCUT2D eigenvalue weighted by atomic mass is 10.1. The number of carbonyl (C=O) groups is 1. The standard InChI is InChI=1S/C10H16F3NO/c11-10(12,13)8-14-6-3-1-2-4-9(14)5-7-15/h7,9H,1-6,8H2. The molecule has 0 aliphatic carbocycles. The van der Waals surface area contributed by atoms with Gasteiger partial charge in [-0.1, -0.05) is 12.8 Å². The molecular weight excluding hydrogens is 207 g/mol. The molecule has 1 aliphatic heterocycles. The second-order valence-corrected chi connectivity index (χ2v) is 3.99. The SMILES string of the molecule is O=CCC1CCCCCN1CC(F)(F)F. The van der Waals surface area contributed by atoms with Gasteiger partial charge in [-0.2, -0.15) is 13.2 Å². The smallest absolute Gasteiger partial charge is 0.303 e. The van der Waals surface area contributed by atoms with Gasteiger partial charge in [0.25, 0.3) is 0 Å². The Bertz CT molecular complexity index is 205. The van der Waals surface area contributed by atoms with E-state index in [0.717, 1.165) is 25.5 Å². The molecule has 15 heavy (non-hydrogen) atoms. The van der Waals surface area contributed by atoms with E-state index >= 15 is 0 Å². The van der Waals surface area contributed by atoms with Gasteiger partial charge in [-0.3, -0.25) is 4.90 Å². The number of hydrogen-bond acceptors (Lipinski definition) is 2. The van der Waals surface area contributed by atoms with Crippen molar-refractivity contribution in [1.29, 1.82) is 0 Å². The highest BCUT2D eigenvalue weighted by Crippen LogP contribution is 2.24. The Morgan fingerprint density at radius 3 is 2.60 bits per heavy atom. The van der Waals surface area contributed by atoms with E-state index in [9.17, 15) is 18.0 Å². The number of rotatable bonds is 3. The van der Waals surface area contributed by atoms with Crippen LogP contribution in [0, 0.1) is 0 Å². The van der Waals surface area contributed by atoms with Crippen LogP contribution in [-0.2, 0) is 4.79 Å². The third kappa shape index (κ3) is 4.64. The number of aldehydes is 1. The average Bonchev–Trinajstić information content (AvgIpc) is 2.30. The van der Waals surface area contributed by atoms with Crippen LogP contribution in [0.25, 0.3) is 0 Å². The minimum Gasteiger partial charge on any atom is -0.303 e. The van der Waals surface area contributed by atoms with Crippen molar-refractivity contribution in [3.8, 4) is 0 Å². The zero-order valence-electron chi connectivity index (χ0n) is 8.59. The Hall–Kier alpha value is -0.580. The summed E-state index contributed by atoms with van der Waals surface area (Å²) < 4.78 is 36.8. The van der Waals surface area contributed by atoms with E-state index in [1.165, 1.54) is 4.90 Å². The third-order valence-electron chi connectivity index (χ3n) is 2.75. The molecule has 0 spiro atoms. The highest BCUT2D eigenvalue weighted by atomic mass is 19.4. The van der Waals surface area contributed by atoms with Crippen LogP contribution in [0.4, 0.5) is 13.2 Å². The Morgan fingerprint density at radius 2 is 2.00 bits per heavy atom. The van der Waals surface area contributed by atoms with Crippen LogP contribution in [0.5, 0.6) is 0 Å². The molecule has 1 saturated heterocycles. The second kappa shape index (κ2) is 5.49. The lowest BCUT2D eigenvalue weighted by Gasteiger charge is -2.29. The van der Waals surface area contributed by atoms with E-state index in [1.807, 2.05) is 0 Å². The average molecular weight is 223 g/mol. The summed E-state index contributed by atoms with van der Waals surface area (Å²) in [6, 6.07) is -0.216. The first kappa shape index (κ1) is 12.5. The minimum atomic E-state index is -4.16. The number of nitrogens with zero attached hydrogens (tertiary/aromatic N) is 1. The molecule has 0 amide bonds.